The Bertz CT molecular complexity index is 306. The van der Waals surface area contributed by atoms with Crippen molar-refractivity contribution in [3.05, 3.63) is 35.4 Å². The van der Waals surface area contributed by atoms with Gasteiger partial charge in [0.2, 0.25) is 0 Å². The zero-order chi connectivity index (χ0) is 12.5. The van der Waals surface area contributed by atoms with E-state index in [4.69, 9.17) is 11.6 Å². The molecule has 0 aliphatic rings. The van der Waals surface area contributed by atoms with E-state index < -0.39 is 0 Å². The average molecular weight is 253 g/mol. The third kappa shape index (κ3) is 6.12. The van der Waals surface area contributed by atoms with Crippen molar-refractivity contribution in [2.24, 2.45) is 5.92 Å². The highest BCUT2D eigenvalue weighted by Crippen LogP contribution is 2.18. The van der Waals surface area contributed by atoms with Crippen molar-refractivity contribution in [1.82, 2.24) is 0 Å². The van der Waals surface area contributed by atoms with Crippen molar-refractivity contribution >= 4 is 11.6 Å². The highest BCUT2D eigenvalue weighted by molar-refractivity contribution is 6.18. The molecule has 0 spiro atoms. The van der Waals surface area contributed by atoms with Gasteiger partial charge in [0.25, 0.3) is 0 Å². The molecule has 1 heteroatoms. The second-order valence-corrected chi connectivity index (χ2v) is 5.37. The standard InChI is InChI=1S/C16H25Cl/c1-3-4-5-6-9-16(13-17)12-15-10-7-8-14(2)11-15/h7-8,10-11,16H,3-6,9,12-13H2,1-2H3. The van der Waals surface area contributed by atoms with Crippen LogP contribution in [0.1, 0.15) is 50.2 Å². The second kappa shape index (κ2) is 8.58. The average Bonchev–Trinajstić information content (AvgIpc) is 2.33. The van der Waals surface area contributed by atoms with E-state index in [1.54, 1.807) is 0 Å². The van der Waals surface area contributed by atoms with E-state index in [9.17, 15) is 0 Å². The van der Waals surface area contributed by atoms with E-state index in [0.29, 0.717) is 5.92 Å². The summed E-state index contributed by atoms with van der Waals surface area (Å²) in [5.41, 5.74) is 2.79. The number of halogens is 1. The Hall–Kier alpha value is -0.490. The summed E-state index contributed by atoms with van der Waals surface area (Å²) in [6, 6.07) is 8.80. The van der Waals surface area contributed by atoms with Crippen molar-refractivity contribution in [3.8, 4) is 0 Å². The molecule has 0 fully saturated rings. The molecule has 0 aliphatic carbocycles. The Morgan fingerprint density at radius 2 is 2.00 bits per heavy atom. The molecule has 0 amide bonds. The lowest BCUT2D eigenvalue weighted by atomic mass is 9.94. The summed E-state index contributed by atoms with van der Waals surface area (Å²) in [4.78, 5) is 0. The van der Waals surface area contributed by atoms with Crippen LogP contribution in [0.4, 0.5) is 0 Å². The molecule has 1 aromatic carbocycles. The normalized spacial score (nSPS) is 12.6. The molecule has 0 nitrogen and oxygen atoms in total. The number of alkyl halides is 1. The zero-order valence-electron chi connectivity index (χ0n) is 11.2. The topological polar surface area (TPSA) is 0 Å². The zero-order valence-corrected chi connectivity index (χ0v) is 12.0. The lowest BCUT2D eigenvalue weighted by Gasteiger charge is -2.14. The lowest BCUT2D eigenvalue weighted by molar-refractivity contribution is 0.491. The van der Waals surface area contributed by atoms with Crippen molar-refractivity contribution in [1.29, 1.82) is 0 Å². The number of unbranched alkanes of at least 4 members (excludes halogenated alkanes) is 3. The molecule has 0 bridgehead atoms. The van der Waals surface area contributed by atoms with Gasteiger partial charge in [0.05, 0.1) is 0 Å². The molecule has 1 rings (SSSR count). The van der Waals surface area contributed by atoms with Gasteiger partial charge in [-0.05, 0) is 31.2 Å². The summed E-state index contributed by atoms with van der Waals surface area (Å²) >= 11 is 6.07. The number of hydrogen-bond donors (Lipinski definition) is 0. The first-order chi connectivity index (χ1) is 8.26. The van der Waals surface area contributed by atoms with Gasteiger partial charge in [-0.2, -0.15) is 0 Å². The van der Waals surface area contributed by atoms with Crippen LogP contribution in [0.15, 0.2) is 24.3 Å². The van der Waals surface area contributed by atoms with E-state index in [1.807, 2.05) is 0 Å². The van der Waals surface area contributed by atoms with Gasteiger partial charge in [0.1, 0.15) is 0 Å². The van der Waals surface area contributed by atoms with E-state index in [0.717, 1.165) is 12.3 Å². The summed E-state index contributed by atoms with van der Waals surface area (Å²) in [7, 11) is 0. The molecule has 0 saturated carbocycles. The summed E-state index contributed by atoms with van der Waals surface area (Å²) in [6.07, 6.45) is 7.77. The lowest BCUT2D eigenvalue weighted by Crippen LogP contribution is -2.06. The molecule has 0 radical (unpaired) electrons. The van der Waals surface area contributed by atoms with E-state index in [-0.39, 0.29) is 0 Å². The fraction of sp³-hybridized carbons (Fsp3) is 0.625. The van der Waals surface area contributed by atoms with Gasteiger partial charge < -0.3 is 0 Å². The molecule has 1 unspecified atom stereocenters. The van der Waals surface area contributed by atoms with Crippen LogP contribution in [0.2, 0.25) is 0 Å². The highest BCUT2D eigenvalue weighted by Gasteiger charge is 2.08. The van der Waals surface area contributed by atoms with Gasteiger partial charge in [-0.15, -0.1) is 11.6 Å². The van der Waals surface area contributed by atoms with Gasteiger partial charge in [0, 0.05) is 5.88 Å². The second-order valence-electron chi connectivity index (χ2n) is 5.06. The van der Waals surface area contributed by atoms with Crippen LogP contribution in [-0.2, 0) is 6.42 Å². The molecule has 0 heterocycles. The van der Waals surface area contributed by atoms with E-state index in [2.05, 4.69) is 38.1 Å². The maximum atomic E-state index is 6.07. The van der Waals surface area contributed by atoms with E-state index in [1.165, 1.54) is 43.2 Å². The molecule has 17 heavy (non-hydrogen) atoms. The molecule has 0 aromatic heterocycles. The molecule has 1 aromatic rings. The molecule has 1 atom stereocenters. The maximum Gasteiger partial charge on any atom is 0.0254 e. The predicted molar refractivity (Wildman–Crippen MR) is 77.9 cm³/mol. The third-order valence-corrected chi connectivity index (χ3v) is 3.73. The fourth-order valence-corrected chi connectivity index (χ4v) is 2.53. The largest absolute Gasteiger partial charge is 0.126 e. The number of hydrogen-bond acceptors (Lipinski definition) is 0. The van der Waals surface area contributed by atoms with Crippen LogP contribution < -0.4 is 0 Å². The quantitative estimate of drug-likeness (QED) is 0.431. The van der Waals surface area contributed by atoms with Crippen LogP contribution in [0.3, 0.4) is 0 Å². The Morgan fingerprint density at radius 3 is 2.65 bits per heavy atom. The van der Waals surface area contributed by atoms with Crippen LogP contribution in [0.25, 0.3) is 0 Å². The summed E-state index contributed by atoms with van der Waals surface area (Å²) in [5, 5.41) is 0. The number of benzene rings is 1. The first-order valence-electron chi connectivity index (χ1n) is 6.87. The SMILES string of the molecule is CCCCCCC(CCl)Cc1cccc(C)c1. The molecule has 0 saturated heterocycles. The van der Waals surface area contributed by atoms with Gasteiger partial charge in [0.15, 0.2) is 0 Å². The summed E-state index contributed by atoms with van der Waals surface area (Å²) < 4.78 is 0. The smallest absolute Gasteiger partial charge is 0.0254 e. The predicted octanol–water partition coefficient (Wildman–Crippen LogP) is 5.36. The van der Waals surface area contributed by atoms with Crippen molar-refractivity contribution in [2.75, 3.05) is 5.88 Å². The summed E-state index contributed by atoms with van der Waals surface area (Å²) in [6.45, 7) is 4.41. The minimum absolute atomic E-state index is 0.648. The maximum absolute atomic E-state index is 6.07. The van der Waals surface area contributed by atoms with Crippen LogP contribution in [0, 0.1) is 12.8 Å². The molecule has 0 N–H and O–H groups in total. The van der Waals surface area contributed by atoms with Crippen molar-refractivity contribution < 1.29 is 0 Å². The first kappa shape index (κ1) is 14.6. The molecule has 0 aliphatic heterocycles. The van der Waals surface area contributed by atoms with Gasteiger partial charge >= 0.3 is 0 Å². The van der Waals surface area contributed by atoms with Crippen molar-refractivity contribution in [3.63, 3.8) is 0 Å². The Kier molecular flexibility index (Phi) is 7.35. The Balaban J connectivity index is 2.35. The third-order valence-electron chi connectivity index (χ3n) is 3.29. The molecule has 96 valence electrons. The molecular formula is C16H25Cl. The van der Waals surface area contributed by atoms with Crippen LogP contribution >= 0.6 is 11.6 Å². The van der Waals surface area contributed by atoms with Crippen molar-refractivity contribution in [2.45, 2.75) is 52.4 Å². The van der Waals surface area contributed by atoms with Crippen LogP contribution in [0.5, 0.6) is 0 Å². The number of rotatable bonds is 8. The monoisotopic (exact) mass is 252 g/mol. The number of aryl methyl sites for hydroxylation is 1. The molecular weight excluding hydrogens is 228 g/mol. The Labute approximate surface area is 111 Å². The van der Waals surface area contributed by atoms with E-state index >= 15 is 0 Å². The first-order valence-corrected chi connectivity index (χ1v) is 7.41. The Morgan fingerprint density at radius 1 is 1.18 bits per heavy atom. The van der Waals surface area contributed by atoms with Crippen LogP contribution in [-0.4, -0.2) is 5.88 Å². The fourth-order valence-electron chi connectivity index (χ4n) is 2.27. The highest BCUT2D eigenvalue weighted by atomic mass is 35.5. The van der Waals surface area contributed by atoms with Gasteiger partial charge in [-0.1, -0.05) is 62.4 Å². The van der Waals surface area contributed by atoms with Gasteiger partial charge in [-0.3, -0.25) is 0 Å². The minimum atomic E-state index is 0.648. The summed E-state index contributed by atoms with van der Waals surface area (Å²) in [5.74, 6) is 1.44. The van der Waals surface area contributed by atoms with Gasteiger partial charge in [-0.25, -0.2) is 0 Å². The minimum Gasteiger partial charge on any atom is -0.126 e.